The summed E-state index contributed by atoms with van der Waals surface area (Å²) in [7, 11) is 1.90. The van der Waals surface area contributed by atoms with Crippen molar-refractivity contribution < 1.29 is 9.59 Å². The van der Waals surface area contributed by atoms with Gasteiger partial charge in [0.2, 0.25) is 5.91 Å². The Labute approximate surface area is 211 Å². The quantitative estimate of drug-likeness (QED) is 0.394. The summed E-state index contributed by atoms with van der Waals surface area (Å²) in [4.78, 5) is 32.3. The predicted molar refractivity (Wildman–Crippen MR) is 142 cm³/mol. The fraction of sp³-hybridized carbons (Fsp3) is 0.379. The summed E-state index contributed by atoms with van der Waals surface area (Å²) in [6.45, 7) is 4.02. The lowest BCUT2D eigenvalue weighted by Gasteiger charge is -2.31. The van der Waals surface area contributed by atoms with Crippen LogP contribution in [0.3, 0.4) is 0 Å². The van der Waals surface area contributed by atoms with E-state index in [1.54, 1.807) is 24.3 Å². The fourth-order valence-electron chi connectivity index (χ4n) is 5.33. The molecule has 0 spiro atoms. The topological polar surface area (TPSA) is 79.6 Å². The van der Waals surface area contributed by atoms with E-state index in [1.807, 2.05) is 54.6 Å². The molecule has 7 nitrogen and oxygen atoms in total. The zero-order valence-corrected chi connectivity index (χ0v) is 21.3. The van der Waals surface area contributed by atoms with Crippen molar-refractivity contribution in [1.82, 2.24) is 19.5 Å². The van der Waals surface area contributed by atoms with Crippen LogP contribution in [0.4, 0.5) is 5.69 Å². The summed E-state index contributed by atoms with van der Waals surface area (Å²) >= 11 is 0. The Bertz CT molecular complexity index is 1420. The number of carbonyl (C=O) groups is 2. The van der Waals surface area contributed by atoms with E-state index in [0.717, 1.165) is 46.3 Å². The Hall–Kier alpha value is -3.74. The number of rotatable bonds is 6. The number of aromatic nitrogens is 3. The maximum absolute atomic E-state index is 12.9. The molecule has 2 amide bonds. The molecule has 0 unspecified atom stereocenters. The number of aryl methyl sites for hydroxylation is 2. The van der Waals surface area contributed by atoms with Gasteiger partial charge in [-0.15, -0.1) is 0 Å². The van der Waals surface area contributed by atoms with E-state index in [9.17, 15) is 9.59 Å². The van der Waals surface area contributed by atoms with Gasteiger partial charge in [0.05, 0.1) is 5.52 Å². The van der Waals surface area contributed by atoms with Gasteiger partial charge in [0, 0.05) is 47.5 Å². The van der Waals surface area contributed by atoms with Gasteiger partial charge in [-0.05, 0) is 75.1 Å². The average Bonchev–Trinajstić information content (AvgIpc) is 3.27. The Morgan fingerprint density at radius 2 is 1.75 bits per heavy atom. The fourth-order valence-corrected chi connectivity index (χ4v) is 5.33. The molecule has 2 heterocycles. The summed E-state index contributed by atoms with van der Waals surface area (Å²) in [6.07, 6.45) is 6.71. The molecular weight excluding hydrogens is 450 g/mol. The molecule has 36 heavy (non-hydrogen) atoms. The van der Waals surface area contributed by atoms with Crippen molar-refractivity contribution in [2.24, 2.45) is 0 Å². The zero-order chi connectivity index (χ0) is 25.2. The normalized spacial score (nSPS) is 14.3. The van der Waals surface area contributed by atoms with E-state index < -0.39 is 0 Å². The minimum Gasteiger partial charge on any atom is -0.339 e. The summed E-state index contributed by atoms with van der Waals surface area (Å²) < 4.78 is 1.88. The van der Waals surface area contributed by atoms with E-state index in [2.05, 4.69) is 5.32 Å². The minimum absolute atomic E-state index is 0.0416. The number of carbonyl (C=O) groups excluding carboxylic acids is 2. The van der Waals surface area contributed by atoms with Crippen molar-refractivity contribution >= 4 is 34.1 Å². The number of nitrogens with zero attached hydrogens (tertiary/aromatic N) is 4. The van der Waals surface area contributed by atoms with Crippen molar-refractivity contribution in [1.29, 1.82) is 0 Å². The summed E-state index contributed by atoms with van der Waals surface area (Å²) in [5, 5.41) is 8.69. The molecule has 0 aliphatic heterocycles. The van der Waals surface area contributed by atoms with Crippen LogP contribution < -0.4 is 5.32 Å². The molecule has 2 aromatic carbocycles. The second-order valence-corrected chi connectivity index (χ2v) is 9.85. The van der Waals surface area contributed by atoms with Gasteiger partial charge in [-0.3, -0.25) is 9.59 Å². The second kappa shape index (κ2) is 10.1. The molecular formula is C29H33N5O2. The van der Waals surface area contributed by atoms with Gasteiger partial charge < -0.3 is 10.2 Å². The molecule has 0 bridgehead atoms. The van der Waals surface area contributed by atoms with Crippen LogP contribution in [0.15, 0.2) is 48.5 Å². The lowest BCUT2D eigenvalue weighted by atomic mass is 9.94. The Morgan fingerprint density at radius 3 is 2.50 bits per heavy atom. The van der Waals surface area contributed by atoms with Crippen LogP contribution in [-0.4, -0.2) is 44.4 Å². The van der Waals surface area contributed by atoms with Gasteiger partial charge in [-0.25, -0.2) is 9.50 Å². The van der Waals surface area contributed by atoms with Crippen LogP contribution in [0.2, 0.25) is 0 Å². The molecule has 0 atom stereocenters. The predicted octanol–water partition coefficient (Wildman–Crippen LogP) is 5.48. The third-order valence-corrected chi connectivity index (χ3v) is 7.48. The van der Waals surface area contributed by atoms with Gasteiger partial charge in [-0.2, -0.15) is 5.10 Å². The molecule has 5 rings (SSSR count). The van der Waals surface area contributed by atoms with Crippen LogP contribution in [0.25, 0.3) is 16.6 Å². The Morgan fingerprint density at radius 1 is 1.03 bits per heavy atom. The number of benzene rings is 2. The summed E-state index contributed by atoms with van der Waals surface area (Å²) in [5.74, 6) is -0.0298. The largest absolute Gasteiger partial charge is 0.339 e. The average molecular weight is 484 g/mol. The van der Waals surface area contributed by atoms with E-state index in [0.29, 0.717) is 30.1 Å². The molecule has 1 aliphatic carbocycles. The van der Waals surface area contributed by atoms with Crippen LogP contribution >= 0.6 is 0 Å². The molecule has 0 saturated heterocycles. The molecule has 1 saturated carbocycles. The van der Waals surface area contributed by atoms with Crippen molar-refractivity contribution in [3.8, 4) is 0 Å². The lowest BCUT2D eigenvalue weighted by molar-refractivity contribution is -0.116. The van der Waals surface area contributed by atoms with Crippen molar-refractivity contribution in [2.45, 2.75) is 64.8 Å². The summed E-state index contributed by atoms with van der Waals surface area (Å²) in [5.41, 5.74) is 6.06. The first kappa shape index (κ1) is 24.0. The van der Waals surface area contributed by atoms with E-state index in [-0.39, 0.29) is 11.8 Å². The molecule has 1 fully saturated rings. The molecule has 2 aromatic heterocycles. The van der Waals surface area contributed by atoms with Crippen molar-refractivity contribution in [3.05, 3.63) is 71.0 Å². The van der Waals surface area contributed by atoms with Crippen molar-refractivity contribution in [3.63, 3.8) is 0 Å². The van der Waals surface area contributed by atoms with Crippen LogP contribution in [0.5, 0.6) is 0 Å². The van der Waals surface area contributed by atoms with Crippen LogP contribution in [0.1, 0.15) is 65.8 Å². The molecule has 1 N–H and O–H groups in total. The highest BCUT2D eigenvalue weighted by molar-refractivity contribution is 5.96. The molecule has 1 aliphatic rings. The number of fused-ring (bicyclic) bond motifs is 3. The SMILES string of the molecule is Cc1nc2c3ccccc3nn2c(C)c1CCC(=O)Nc1ccc(C(=O)N(C)C2CCCCC2)cc1. The summed E-state index contributed by atoms with van der Waals surface area (Å²) in [6, 6.07) is 15.5. The lowest BCUT2D eigenvalue weighted by Crippen LogP contribution is -2.38. The molecule has 7 heteroatoms. The maximum atomic E-state index is 12.9. The van der Waals surface area contributed by atoms with Crippen molar-refractivity contribution in [2.75, 3.05) is 12.4 Å². The van der Waals surface area contributed by atoms with Gasteiger partial charge in [0.1, 0.15) is 0 Å². The maximum Gasteiger partial charge on any atom is 0.253 e. The first-order chi connectivity index (χ1) is 17.4. The standard InChI is InChI=1S/C29H33N5O2/c1-19-24(20(2)34-28(30-19)25-11-7-8-12-26(25)32-34)17-18-27(35)31-22-15-13-21(14-16-22)29(36)33(3)23-9-5-4-6-10-23/h7-8,11-16,23H,4-6,9-10,17-18H2,1-3H3,(H,31,35). The molecule has 4 aromatic rings. The highest BCUT2D eigenvalue weighted by Crippen LogP contribution is 2.24. The van der Waals surface area contributed by atoms with Crippen LogP contribution in [0, 0.1) is 13.8 Å². The second-order valence-electron chi connectivity index (χ2n) is 9.85. The minimum atomic E-state index is -0.0714. The van der Waals surface area contributed by atoms with E-state index >= 15 is 0 Å². The highest BCUT2D eigenvalue weighted by Gasteiger charge is 2.23. The molecule has 0 radical (unpaired) electrons. The van der Waals surface area contributed by atoms with Gasteiger partial charge in [0.25, 0.3) is 5.91 Å². The smallest absolute Gasteiger partial charge is 0.253 e. The number of hydrogen-bond donors (Lipinski definition) is 1. The highest BCUT2D eigenvalue weighted by atomic mass is 16.2. The van der Waals surface area contributed by atoms with Gasteiger partial charge in [-0.1, -0.05) is 31.4 Å². The third kappa shape index (κ3) is 4.70. The Balaban J connectivity index is 1.22. The number of amides is 2. The Kier molecular flexibility index (Phi) is 6.72. The monoisotopic (exact) mass is 483 g/mol. The number of anilines is 1. The van der Waals surface area contributed by atoms with Crippen LogP contribution in [-0.2, 0) is 11.2 Å². The van der Waals surface area contributed by atoms with E-state index in [4.69, 9.17) is 10.1 Å². The number of nitrogens with one attached hydrogen (secondary N) is 1. The molecule has 186 valence electrons. The first-order valence-corrected chi connectivity index (χ1v) is 12.8. The zero-order valence-electron chi connectivity index (χ0n) is 21.3. The third-order valence-electron chi connectivity index (χ3n) is 7.48. The van der Waals surface area contributed by atoms with Gasteiger partial charge >= 0.3 is 0 Å². The van der Waals surface area contributed by atoms with E-state index in [1.165, 1.54) is 19.3 Å². The first-order valence-electron chi connectivity index (χ1n) is 12.8. The number of hydrogen-bond acceptors (Lipinski definition) is 4. The van der Waals surface area contributed by atoms with Gasteiger partial charge in [0.15, 0.2) is 5.65 Å².